The molecule has 0 aromatic carbocycles. The van der Waals surface area contributed by atoms with Crippen LogP contribution in [0.5, 0.6) is 0 Å². The zero-order chi connectivity index (χ0) is 8.10. The maximum atomic E-state index is 8.59. The van der Waals surface area contributed by atoms with Crippen LogP contribution in [-0.2, 0) is 0 Å². The molecule has 6 heteroatoms. The minimum atomic E-state index is -0.163. The topological polar surface area (TPSA) is 72.0 Å². The quantitative estimate of drug-likeness (QED) is 0.653. The Morgan fingerprint density at radius 1 is 1.82 bits per heavy atom. The van der Waals surface area contributed by atoms with Crippen LogP contribution in [0.1, 0.15) is 0 Å². The van der Waals surface area contributed by atoms with Crippen molar-refractivity contribution in [3.63, 3.8) is 0 Å². The molecular weight excluding hydrogens is 182 g/mol. The Morgan fingerprint density at radius 3 is 3.18 bits per heavy atom. The number of hydrogen-bond donors (Lipinski definition) is 2. The molecule has 1 unspecified atom stereocenters. The fourth-order valence-electron chi connectivity index (χ4n) is 0.457. The number of hydrogen-bond acceptors (Lipinski definition) is 6. The number of aliphatic hydroxyl groups is 1. The Balaban J connectivity index is 2.23. The number of aliphatic hydroxyl groups excluding tert-OH is 1. The van der Waals surface area contributed by atoms with Crippen LogP contribution in [0.3, 0.4) is 0 Å². The van der Waals surface area contributed by atoms with Crippen molar-refractivity contribution in [3.8, 4) is 0 Å². The van der Waals surface area contributed by atoms with Crippen LogP contribution < -0.4 is 5.73 Å². The van der Waals surface area contributed by atoms with Crippen LogP contribution in [0.4, 0.5) is 0 Å². The Kier molecular flexibility index (Phi) is 3.78. The molecule has 1 heterocycles. The lowest BCUT2D eigenvalue weighted by molar-refractivity contribution is 0.275. The van der Waals surface area contributed by atoms with E-state index in [1.54, 1.807) is 5.51 Å². The van der Waals surface area contributed by atoms with E-state index in [-0.39, 0.29) is 12.6 Å². The van der Waals surface area contributed by atoms with E-state index in [2.05, 4.69) is 10.2 Å². The largest absolute Gasteiger partial charge is 0.395 e. The molecule has 0 aliphatic heterocycles. The van der Waals surface area contributed by atoms with E-state index < -0.39 is 0 Å². The van der Waals surface area contributed by atoms with Gasteiger partial charge in [-0.2, -0.15) is 0 Å². The molecule has 0 saturated carbocycles. The summed E-state index contributed by atoms with van der Waals surface area (Å²) in [4.78, 5) is 0. The minimum absolute atomic E-state index is 0.0196. The van der Waals surface area contributed by atoms with Crippen LogP contribution in [0, 0.1) is 0 Å². The van der Waals surface area contributed by atoms with Crippen LogP contribution in [0.25, 0.3) is 0 Å². The Bertz CT molecular complexity index is 192. The zero-order valence-corrected chi connectivity index (χ0v) is 7.44. The molecule has 0 aliphatic carbocycles. The van der Waals surface area contributed by atoms with Crippen molar-refractivity contribution >= 4 is 23.1 Å². The van der Waals surface area contributed by atoms with Crippen molar-refractivity contribution in [1.82, 2.24) is 10.2 Å². The summed E-state index contributed by atoms with van der Waals surface area (Å²) in [5.41, 5.74) is 7.15. The van der Waals surface area contributed by atoms with Gasteiger partial charge in [0.2, 0.25) is 0 Å². The molecule has 1 rings (SSSR count). The fraction of sp³-hybridized carbons (Fsp3) is 0.600. The molecule has 0 radical (unpaired) electrons. The molecule has 1 aromatic rings. The highest BCUT2D eigenvalue weighted by atomic mass is 32.2. The molecule has 11 heavy (non-hydrogen) atoms. The van der Waals surface area contributed by atoms with Gasteiger partial charge in [-0.05, 0) is 0 Å². The van der Waals surface area contributed by atoms with Gasteiger partial charge in [0, 0.05) is 11.8 Å². The maximum Gasteiger partial charge on any atom is 0.174 e. The molecule has 1 aromatic heterocycles. The summed E-state index contributed by atoms with van der Waals surface area (Å²) in [7, 11) is 0. The molecule has 0 fully saturated rings. The van der Waals surface area contributed by atoms with E-state index in [0.717, 1.165) is 4.34 Å². The second kappa shape index (κ2) is 4.66. The van der Waals surface area contributed by atoms with Crippen molar-refractivity contribution in [2.45, 2.75) is 10.4 Å². The van der Waals surface area contributed by atoms with Gasteiger partial charge in [-0.1, -0.05) is 23.1 Å². The minimum Gasteiger partial charge on any atom is -0.395 e. The van der Waals surface area contributed by atoms with Crippen molar-refractivity contribution < 1.29 is 5.11 Å². The number of nitrogens with two attached hydrogens (primary N) is 1. The van der Waals surface area contributed by atoms with Crippen molar-refractivity contribution in [3.05, 3.63) is 5.51 Å². The summed E-state index contributed by atoms with van der Waals surface area (Å²) < 4.78 is 0.897. The van der Waals surface area contributed by atoms with Gasteiger partial charge in [0.05, 0.1) is 6.61 Å². The molecule has 0 saturated heterocycles. The lowest BCUT2D eigenvalue weighted by Gasteiger charge is -2.03. The van der Waals surface area contributed by atoms with Gasteiger partial charge in [-0.3, -0.25) is 0 Å². The molecule has 62 valence electrons. The SMILES string of the molecule is NC(CO)CSc1nncs1. The first kappa shape index (κ1) is 8.92. The highest BCUT2D eigenvalue weighted by Gasteiger charge is 2.02. The van der Waals surface area contributed by atoms with Gasteiger partial charge in [0.1, 0.15) is 5.51 Å². The van der Waals surface area contributed by atoms with Crippen LogP contribution in [-0.4, -0.2) is 33.7 Å². The lowest BCUT2D eigenvalue weighted by Crippen LogP contribution is -2.26. The third-order valence-electron chi connectivity index (χ3n) is 0.995. The smallest absolute Gasteiger partial charge is 0.174 e. The van der Waals surface area contributed by atoms with E-state index >= 15 is 0 Å². The Hall–Kier alpha value is -0.170. The summed E-state index contributed by atoms with van der Waals surface area (Å²) in [6.45, 7) is 0.0196. The van der Waals surface area contributed by atoms with E-state index in [4.69, 9.17) is 10.8 Å². The third kappa shape index (κ3) is 3.15. The second-order valence-electron chi connectivity index (χ2n) is 1.96. The van der Waals surface area contributed by atoms with Crippen molar-refractivity contribution in [2.75, 3.05) is 12.4 Å². The van der Waals surface area contributed by atoms with E-state index in [1.165, 1.54) is 23.1 Å². The summed E-state index contributed by atoms with van der Waals surface area (Å²) >= 11 is 3.00. The first-order valence-electron chi connectivity index (χ1n) is 3.08. The second-order valence-corrected chi connectivity index (χ2v) is 4.06. The predicted octanol–water partition coefficient (Wildman–Crippen LogP) is -0.0502. The maximum absolute atomic E-state index is 8.59. The van der Waals surface area contributed by atoms with Gasteiger partial charge < -0.3 is 10.8 Å². The Morgan fingerprint density at radius 2 is 2.64 bits per heavy atom. The normalized spacial score (nSPS) is 13.3. The zero-order valence-electron chi connectivity index (χ0n) is 5.80. The average Bonchev–Trinajstić information content (AvgIpc) is 2.52. The first-order valence-corrected chi connectivity index (χ1v) is 4.95. The van der Waals surface area contributed by atoms with E-state index in [0.29, 0.717) is 5.75 Å². The molecule has 0 amide bonds. The monoisotopic (exact) mass is 191 g/mol. The standard InChI is InChI=1S/C5H9N3OS2/c6-4(1-9)2-10-5-8-7-3-11-5/h3-4,9H,1-2,6H2. The van der Waals surface area contributed by atoms with Gasteiger partial charge in [-0.25, -0.2) is 0 Å². The van der Waals surface area contributed by atoms with Gasteiger partial charge >= 0.3 is 0 Å². The average molecular weight is 191 g/mol. The summed E-state index contributed by atoms with van der Waals surface area (Å²) in [5.74, 6) is 0.686. The van der Waals surface area contributed by atoms with Crippen LogP contribution in [0.15, 0.2) is 9.85 Å². The molecule has 0 bridgehead atoms. The lowest BCUT2D eigenvalue weighted by atomic mass is 10.4. The van der Waals surface area contributed by atoms with E-state index in [9.17, 15) is 0 Å². The highest BCUT2D eigenvalue weighted by molar-refractivity contribution is 8.01. The van der Waals surface area contributed by atoms with Gasteiger partial charge in [0.15, 0.2) is 4.34 Å². The summed E-state index contributed by atoms with van der Waals surface area (Å²) in [6, 6.07) is -0.163. The predicted molar refractivity (Wildman–Crippen MR) is 45.7 cm³/mol. The van der Waals surface area contributed by atoms with Crippen molar-refractivity contribution in [1.29, 1.82) is 0 Å². The number of nitrogens with zero attached hydrogens (tertiary/aromatic N) is 2. The highest BCUT2D eigenvalue weighted by Crippen LogP contribution is 2.18. The number of rotatable bonds is 4. The third-order valence-corrected chi connectivity index (χ3v) is 3.04. The summed E-state index contributed by atoms with van der Waals surface area (Å²) in [5, 5.41) is 16.1. The Labute approximate surface area is 72.8 Å². The van der Waals surface area contributed by atoms with E-state index in [1.807, 2.05) is 0 Å². The molecule has 0 aliphatic rings. The van der Waals surface area contributed by atoms with Crippen molar-refractivity contribution in [2.24, 2.45) is 5.73 Å². The molecule has 0 spiro atoms. The summed E-state index contributed by atoms with van der Waals surface area (Å²) in [6.07, 6.45) is 0. The first-order chi connectivity index (χ1) is 5.33. The molecule has 1 atom stereocenters. The van der Waals surface area contributed by atoms with Gasteiger partial charge in [-0.15, -0.1) is 10.2 Å². The van der Waals surface area contributed by atoms with Crippen LogP contribution >= 0.6 is 23.1 Å². The fourth-order valence-corrected chi connectivity index (χ4v) is 1.91. The number of thioether (sulfide) groups is 1. The van der Waals surface area contributed by atoms with Gasteiger partial charge in [0.25, 0.3) is 0 Å². The molecule has 4 nitrogen and oxygen atoms in total. The van der Waals surface area contributed by atoms with Crippen LogP contribution in [0.2, 0.25) is 0 Å². The molecule has 3 N–H and O–H groups in total. The molecular formula is C5H9N3OS2. The number of aromatic nitrogens is 2.